The molecule has 3 aromatic carbocycles. The Kier molecular flexibility index (Phi) is 6.45. The van der Waals surface area contributed by atoms with Gasteiger partial charge in [-0.05, 0) is 41.3 Å². The third-order valence-corrected chi connectivity index (χ3v) is 15.4. The lowest BCUT2D eigenvalue weighted by atomic mass is 10.1. The number of hydrogen-bond donors (Lipinski definition) is 0. The molecule has 1 heterocycles. The minimum Gasteiger partial charge on any atom is -0.0796 e. The van der Waals surface area contributed by atoms with E-state index in [0.717, 1.165) is 6.16 Å². The van der Waals surface area contributed by atoms with Crippen molar-refractivity contribution >= 4 is 39.2 Å². The van der Waals surface area contributed by atoms with Crippen LogP contribution in [0.2, 0.25) is 0 Å². The molecule has 3 aromatic rings. The molecular formula is C24H21P3. The summed E-state index contributed by atoms with van der Waals surface area (Å²) in [5, 5.41) is 3.01. The van der Waals surface area contributed by atoms with Gasteiger partial charge in [0.1, 0.15) is 0 Å². The van der Waals surface area contributed by atoms with Crippen LogP contribution in [-0.2, 0) is 0 Å². The van der Waals surface area contributed by atoms with E-state index >= 15 is 0 Å². The minimum atomic E-state index is -0.254. The van der Waals surface area contributed by atoms with Gasteiger partial charge in [-0.15, -0.1) is 0 Å². The van der Waals surface area contributed by atoms with Crippen molar-refractivity contribution in [2.45, 2.75) is 0 Å². The Morgan fingerprint density at radius 2 is 1.26 bits per heavy atom. The third kappa shape index (κ3) is 4.72. The van der Waals surface area contributed by atoms with E-state index in [9.17, 15) is 0 Å². The first kappa shape index (κ1) is 18.5. The quantitative estimate of drug-likeness (QED) is 0.415. The lowest BCUT2D eigenvalue weighted by Gasteiger charge is -2.25. The molecule has 0 N–H and O–H groups in total. The molecule has 0 saturated carbocycles. The van der Waals surface area contributed by atoms with E-state index in [1.165, 1.54) is 29.6 Å². The summed E-state index contributed by atoms with van der Waals surface area (Å²) in [6.45, 7) is 0. The Labute approximate surface area is 165 Å². The van der Waals surface area contributed by atoms with E-state index in [1.807, 2.05) is 0 Å². The first-order valence-corrected chi connectivity index (χ1v) is 14.3. The van der Waals surface area contributed by atoms with Gasteiger partial charge < -0.3 is 0 Å². The molecule has 0 spiro atoms. The van der Waals surface area contributed by atoms with Crippen LogP contribution >= 0.6 is 22.8 Å². The highest BCUT2D eigenvalue weighted by Crippen LogP contribution is 2.74. The van der Waals surface area contributed by atoms with Crippen molar-refractivity contribution in [3.63, 3.8) is 0 Å². The molecule has 0 fully saturated rings. The van der Waals surface area contributed by atoms with Crippen LogP contribution in [-0.4, -0.2) is 12.0 Å². The van der Waals surface area contributed by atoms with E-state index in [0.29, 0.717) is 0 Å². The highest BCUT2D eigenvalue weighted by atomic mass is 32.4. The van der Waals surface area contributed by atoms with E-state index < -0.39 is 0 Å². The van der Waals surface area contributed by atoms with Crippen molar-refractivity contribution in [3.8, 4) is 11.1 Å². The molecular weight excluding hydrogens is 381 g/mol. The summed E-state index contributed by atoms with van der Waals surface area (Å²) >= 11 is 0. The molecule has 4 rings (SSSR count). The Bertz CT molecular complexity index is 942. The molecule has 2 unspecified atom stereocenters. The molecule has 1 aliphatic heterocycles. The zero-order valence-corrected chi connectivity index (χ0v) is 17.7. The van der Waals surface area contributed by atoms with E-state index in [2.05, 4.69) is 115 Å². The summed E-state index contributed by atoms with van der Waals surface area (Å²) < 4.78 is 0. The molecule has 0 aliphatic carbocycles. The van der Waals surface area contributed by atoms with Crippen molar-refractivity contribution in [3.05, 3.63) is 109 Å². The fraction of sp³-hybridized carbons (Fsp3) is 0.0417. The maximum atomic E-state index is 2.36. The number of allylic oxidation sites excluding steroid dienone is 4. The van der Waals surface area contributed by atoms with Gasteiger partial charge in [0.2, 0.25) is 0 Å². The molecule has 0 nitrogen and oxygen atoms in total. The van der Waals surface area contributed by atoms with Crippen LogP contribution in [0.4, 0.5) is 0 Å². The van der Waals surface area contributed by atoms with Crippen LogP contribution in [0.1, 0.15) is 0 Å². The lowest BCUT2D eigenvalue weighted by molar-refractivity contribution is 1.63. The van der Waals surface area contributed by atoms with E-state index in [-0.39, 0.29) is 14.9 Å². The SMILES string of the molecule is C1=C\C=P\P(c2ccccc2)P(c2ccc(-c3ccccc3)cc2)C/C=C/1. The van der Waals surface area contributed by atoms with Crippen LogP contribution in [0.5, 0.6) is 0 Å². The second-order valence-electron chi connectivity index (χ2n) is 6.20. The van der Waals surface area contributed by atoms with Gasteiger partial charge in [-0.3, -0.25) is 0 Å². The second-order valence-corrected chi connectivity index (χ2v) is 15.0. The summed E-state index contributed by atoms with van der Waals surface area (Å²) in [4.78, 5) is 0. The minimum absolute atomic E-state index is 0.252. The van der Waals surface area contributed by atoms with Crippen LogP contribution in [0.25, 0.3) is 11.1 Å². The maximum absolute atomic E-state index is 2.36. The zero-order chi connectivity index (χ0) is 18.3. The topological polar surface area (TPSA) is 0 Å². The smallest absolute Gasteiger partial charge is 0.00775 e. The standard InChI is InChI=1S/C24H21P3/c1-2-10-20-26(27(25-19-9-1)24-13-7-4-8-14-24)23-17-15-22(16-18-23)21-11-5-3-6-12-21/h1-19H,20H2/b9-1-,10-2+. The van der Waals surface area contributed by atoms with Gasteiger partial charge in [0.25, 0.3) is 0 Å². The van der Waals surface area contributed by atoms with Crippen molar-refractivity contribution < 1.29 is 0 Å². The monoisotopic (exact) mass is 402 g/mol. The molecule has 0 radical (unpaired) electrons. The normalized spacial score (nSPS) is 22.8. The summed E-state index contributed by atoms with van der Waals surface area (Å²) in [7, 11) is 0.934. The Balaban J connectivity index is 1.70. The van der Waals surface area contributed by atoms with E-state index in [1.54, 1.807) is 0 Å². The summed E-state index contributed by atoms with van der Waals surface area (Å²) in [5.74, 6) is 2.32. The predicted octanol–water partition coefficient (Wildman–Crippen LogP) is 6.97. The van der Waals surface area contributed by atoms with Crippen molar-refractivity contribution in [1.82, 2.24) is 0 Å². The van der Waals surface area contributed by atoms with Gasteiger partial charge in [0.05, 0.1) is 0 Å². The van der Waals surface area contributed by atoms with Gasteiger partial charge >= 0.3 is 0 Å². The van der Waals surface area contributed by atoms with Crippen LogP contribution < -0.4 is 10.6 Å². The summed E-state index contributed by atoms with van der Waals surface area (Å²) in [6, 6.07) is 31.0. The molecule has 1 aliphatic rings. The molecule has 3 heteroatoms. The summed E-state index contributed by atoms with van der Waals surface area (Å²) in [5.41, 5.74) is 2.58. The van der Waals surface area contributed by atoms with Gasteiger partial charge in [-0.1, -0.05) is 117 Å². The highest BCUT2D eigenvalue weighted by Gasteiger charge is 2.22. The number of hydrogen-bond acceptors (Lipinski definition) is 0. The molecule has 0 saturated heterocycles. The van der Waals surface area contributed by atoms with Crippen LogP contribution in [0.3, 0.4) is 0 Å². The first-order chi connectivity index (χ1) is 13.4. The number of benzene rings is 3. The Morgan fingerprint density at radius 3 is 2.00 bits per heavy atom. The molecule has 0 amide bonds. The molecule has 27 heavy (non-hydrogen) atoms. The highest BCUT2D eigenvalue weighted by molar-refractivity contribution is 8.60. The van der Waals surface area contributed by atoms with Crippen molar-refractivity contribution in [2.24, 2.45) is 0 Å². The van der Waals surface area contributed by atoms with E-state index in [4.69, 9.17) is 0 Å². The first-order valence-electron chi connectivity index (χ1n) is 9.06. The van der Waals surface area contributed by atoms with Crippen LogP contribution in [0, 0.1) is 0 Å². The van der Waals surface area contributed by atoms with Crippen molar-refractivity contribution in [1.29, 1.82) is 0 Å². The van der Waals surface area contributed by atoms with Gasteiger partial charge in [-0.25, -0.2) is 0 Å². The Hall–Kier alpha value is -1.83. The molecule has 0 aromatic heterocycles. The number of rotatable bonds is 3. The summed E-state index contributed by atoms with van der Waals surface area (Å²) in [6.07, 6.45) is 10.0. The largest absolute Gasteiger partial charge is 0.0796 e. The van der Waals surface area contributed by atoms with Crippen LogP contribution in [0.15, 0.2) is 109 Å². The molecule has 2 atom stereocenters. The van der Waals surface area contributed by atoms with Crippen molar-refractivity contribution in [2.75, 3.05) is 6.16 Å². The lowest BCUT2D eigenvalue weighted by Crippen LogP contribution is -2.05. The fourth-order valence-electron chi connectivity index (χ4n) is 3.03. The Morgan fingerprint density at radius 1 is 0.593 bits per heavy atom. The molecule has 132 valence electrons. The third-order valence-electron chi connectivity index (χ3n) is 4.39. The fourth-order valence-corrected chi connectivity index (χ4v) is 13.8. The average Bonchev–Trinajstić information content (AvgIpc) is 2.87. The average molecular weight is 402 g/mol. The van der Waals surface area contributed by atoms with Gasteiger partial charge in [0.15, 0.2) is 0 Å². The van der Waals surface area contributed by atoms with Gasteiger partial charge in [-0.2, -0.15) is 0 Å². The maximum Gasteiger partial charge on any atom is 0.00775 e. The predicted molar refractivity (Wildman–Crippen MR) is 128 cm³/mol. The zero-order valence-electron chi connectivity index (χ0n) is 15.0. The van der Waals surface area contributed by atoms with Gasteiger partial charge in [0, 0.05) is 7.30 Å². The molecule has 0 bridgehead atoms. The second kappa shape index (κ2) is 9.39.